The van der Waals surface area contributed by atoms with E-state index in [4.69, 9.17) is 9.47 Å². The van der Waals surface area contributed by atoms with Crippen molar-refractivity contribution in [3.63, 3.8) is 0 Å². The van der Waals surface area contributed by atoms with E-state index in [0.717, 1.165) is 0 Å². The van der Waals surface area contributed by atoms with E-state index in [1.807, 2.05) is 0 Å². The molecule has 0 radical (unpaired) electrons. The molecule has 0 atom stereocenters. The highest BCUT2D eigenvalue weighted by atomic mass is 16.5. The number of aromatic nitrogens is 2. The summed E-state index contributed by atoms with van der Waals surface area (Å²) < 4.78 is 11.1. The number of carbonyl (C=O) groups excluding carboxylic acids is 3. The van der Waals surface area contributed by atoms with Crippen LogP contribution in [0.3, 0.4) is 0 Å². The first-order valence-electron chi connectivity index (χ1n) is 7.76. The minimum absolute atomic E-state index is 0.00551. The Hall–Kier alpha value is -3.48. The van der Waals surface area contributed by atoms with Crippen LogP contribution in [0.15, 0.2) is 42.7 Å². The summed E-state index contributed by atoms with van der Waals surface area (Å²) in [7, 11) is 2.39. The molecule has 0 spiro atoms. The second-order valence-electron chi connectivity index (χ2n) is 5.56. The Morgan fingerprint density at radius 1 is 0.962 bits per heavy atom. The van der Waals surface area contributed by atoms with Crippen LogP contribution in [0.2, 0.25) is 0 Å². The number of hydrogen-bond donors (Lipinski definition) is 0. The van der Waals surface area contributed by atoms with Crippen molar-refractivity contribution in [2.24, 2.45) is 0 Å². The van der Waals surface area contributed by atoms with Gasteiger partial charge in [-0.2, -0.15) is 0 Å². The number of carbonyl (C=O) groups is 3. The van der Waals surface area contributed by atoms with Crippen LogP contribution < -0.4 is 0 Å². The standard InChI is InChI=1S/C19H16N2O5/c1-11-9-13-14(18(23)25-2)15(19(24)26-3)16(21(13)10-20-11)17(22)12-7-5-4-6-8-12/h4-10H,1-3H3. The van der Waals surface area contributed by atoms with Gasteiger partial charge in [-0.3, -0.25) is 9.20 Å². The van der Waals surface area contributed by atoms with Gasteiger partial charge >= 0.3 is 11.9 Å². The van der Waals surface area contributed by atoms with Gasteiger partial charge in [0.1, 0.15) is 16.8 Å². The Morgan fingerprint density at radius 2 is 1.58 bits per heavy atom. The van der Waals surface area contributed by atoms with E-state index in [1.165, 1.54) is 24.9 Å². The summed E-state index contributed by atoms with van der Waals surface area (Å²) in [5.74, 6) is -1.96. The van der Waals surface area contributed by atoms with Crippen LogP contribution in [0.1, 0.15) is 42.5 Å². The lowest BCUT2D eigenvalue weighted by Gasteiger charge is -2.05. The molecule has 7 heteroatoms. The molecule has 0 aliphatic heterocycles. The number of rotatable bonds is 4. The smallest absolute Gasteiger partial charge is 0.341 e. The Bertz CT molecular complexity index is 1020. The Labute approximate surface area is 149 Å². The zero-order valence-electron chi connectivity index (χ0n) is 14.5. The third kappa shape index (κ3) is 2.73. The van der Waals surface area contributed by atoms with Crippen LogP contribution in [0.25, 0.3) is 5.52 Å². The van der Waals surface area contributed by atoms with Gasteiger partial charge in [0.2, 0.25) is 5.78 Å². The van der Waals surface area contributed by atoms with E-state index in [0.29, 0.717) is 16.8 Å². The van der Waals surface area contributed by atoms with Gasteiger partial charge in [-0.25, -0.2) is 14.6 Å². The van der Waals surface area contributed by atoms with Gasteiger partial charge in [0.05, 0.1) is 26.1 Å². The van der Waals surface area contributed by atoms with E-state index in [9.17, 15) is 14.4 Å². The molecule has 0 aliphatic carbocycles. The number of ketones is 1. The molecule has 0 aliphatic rings. The third-order valence-corrected chi connectivity index (χ3v) is 4.00. The highest BCUT2D eigenvalue weighted by Gasteiger charge is 2.33. The van der Waals surface area contributed by atoms with Crippen molar-refractivity contribution in [3.05, 3.63) is 70.8 Å². The highest BCUT2D eigenvalue weighted by Crippen LogP contribution is 2.28. The number of hydrogen-bond acceptors (Lipinski definition) is 6. The van der Waals surface area contributed by atoms with Crippen LogP contribution in [0.4, 0.5) is 0 Å². The molecule has 132 valence electrons. The fourth-order valence-electron chi connectivity index (χ4n) is 2.81. The van der Waals surface area contributed by atoms with Crippen molar-refractivity contribution in [2.75, 3.05) is 14.2 Å². The zero-order chi connectivity index (χ0) is 18.8. The average molecular weight is 352 g/mol. The van der Waals surface area contributed by atoms with E-state index >= 15 is 0 Å². The molecule has 7 nitrogen and oxygen atoms in total. The predicted octanol–water partition coefficient (Wildman–Crippen LogP) is 2.45. The van der Waals surface area contributed by atoms with Crippen LogP contribution in [-0.2, 0) is 9.47 Å². The van der Waals surface area contributed by atoms with E-state index < -0.39 is 17.7 Å². The summed E-state index contributed by atoms with van der Waals surface area (Å²) in [6.07, 6.45) is 1.40. The number of esters is 2. The molecule has 0 saturated heterocycles. The second kappa shape index (κ2) is 6.79. The molecule has 0 saturated carbocycles. The Morgan fingerprint density at radius 3 is 2.19 bits per heavy atom. The predicted molar refractivity (Wildman–Crippen MR) is 92.5 cm³/mol. The maximum atomic E-state index is 13.1. The highest BCUT2D eigenvalue weighted by molar-refractivity contribution is 6.19. The van der Waals surface area contributed by atoms with E-state index in [1.54, 1.807) is 43.3 Å². The first-order chi connectivity index (χ1) is 12.5. The number of nitrogens with zero attached hydrogens (tertiary/aromatic N) is 2. The quantitative estimate of drug-likeness (QED) is 0.529. The van der Waals surface area contributed by atoms with Crippen LogP contribution >= 0.6 is 0 Å². The molecule has 2 aromatic heterocycles. The first kappa shape index (κ1) is 17.3. The molecule has 1 aromatic carbocycles. The van der Waals surface area contributed by atoms with Crippen molar-refractivity contribution < 1.29 is 23.9 Å². The maximum absolute atomic E-state index is 13.1. The zero-order valence-corrected chi connectivity index (χ0v) is 14.5. The molecule has 3 aromatic rings. The first-order valence-corrected chi connectivity index (χ1v) is 7.76. The number of methoxy groups -OCH3 is 2. The Kier molecular flexibility index (Phi) is 4.53. The van der Waals surface area contributed by atoms with Gasteiger partial charge in [-0.05, 0) is 13.0 Å². The Balaban J connectivity index is 2.42. The van der Waals surface area contributed by atoms with Crippen molar-refractivity contribution in [1.82, 2.24) is 9.38 Å². The molecule has 2 heterocycles. The van der Waals surface area contributed by atoms with Crippen molar-refractivity contribution in [2.45, 2.75) is 6.92 Å². The normalized spacial score (nSPS) is 10.6. The number of benzene rings is 1. The molecule has 0 bridgehead atoms. The van der Waals surface area contributed by atoms with Gasteiger partial charge < -0.3 is 9.47 Å². The van der Waals surface area contributed by atoms with Gasteiger partial charge in [0.25, 0.3) is 0 Å². The lowest BCUT2D eigenvalue weighted by molar-refractivity contribution is 0.0556. The summed E-state index contributed by atoms with van der Waals surface area (Å²) >= 11 is 0. The third-order valence-electron chi connectivity index (χ3n) is 4.00. The van der Waals surface area contributed by atoms with E-state index in [-0.39, 0.29) is 16.8 Å². The number of ether oxygens (including phenoxy) is 2. The largest absolute Gasteiger partial charge is 0.465 e. The maximum Gasteiger partial charge on any atom is 0.341 e. The molecule has 0 fully saturated rings. The monoisotopic (exact) mass is 352 g/mol. The van der Waals surface area contributed by atoms with Gasteiger partial charge in [-0.1, -0.05) is 30.3 Å². The summed E-state index contributed by atoms with van der Waals surface area (Å²) in [6, 6.07) is 10.1. The lowest BCUT2D eigenvalue weighted by atomic mass is 10.0. The minimum Gasteiger partial charge on any atom is -0.465 e. The second-order valence-corrected chi connectivity index (χ2v) is 5.56. The number of fused-ring (bicyclic) bond motifs is 1. The average Bonchev–Trinajstić information content (AvgIpc) is 3.00. The fraction of sp³-hybridized carbons (Fsp3) is 0.158. The summed E-state index contributed by atoms with van der Waals surface area (Å²) in [4.78, 5) is 42.1. The minimum atomic E-state index is -0.800. The molecule has 3 rings (SSSR count). The van der Waals surface area contributed by atoms with Crippen LogP contribution in [0.5, 0.6) is 0 Å². The van der Waals surface area contributed by atoms with E-state index in [2.05, 4.69) is 4.98 Å². The summed E-state index contributed by atoms with van der Waals surface area (Å²) in [5.41, 5.74) is 1.18. The molecule has 0 unspecified atom stereocenters. The van der Waals surface area contributed by atoms with Crippen molar-refractivity contribution in [3.8, 4) is 0 Å². The van der Waals surface area contributed by atoms with Gasteiger partial charge in [0.15, 0.2) is 0 Å². The molecule has 26 heavy (non-hydrogen) atoms. The molecule has 0 N–H and O–H groups in total. The summed E-state index contributed by atoms with van der Waals surface area (Å²) in [6.45, 7) is 1.74. The fourth-order valence-corrected chi connectivity index (χ4v) is 2.81. The van der Waals surface area contributed by atoms with Crippen LogP contribution in [0, 0.1) is 6.92 Å². The van der Waals surface area contributed by atoms with Crippen molar-refractivity contribution >= 4 is 23.2 Å². The molecular formula is C19H16N2O5. The van der Waals surface area contributed by atoms with Gasteiger partial charge in [-0.15, -0.1) is 0 Å². The van der Waals surface area contributed by atoms with Crippen molar-refractivity contribution in [1.29, 1.82) is 0 Å². The number of aryl methyl sites for hydroxylation is 1. The topological polar surface area (TPSA) is 87.0 Å². The van der Waals surface area contributed by atoms with Crippen LogP contribution in [-0.4, -0.2) is 41.3 Å². The van der Waals surface area contributed by atoms with Gasteiger partial charge in [0, 0.05) is 11.3 Å². The molecule has 0 amide bonds. The SMILES string of the molecule is COC(=O)c1c(C(=O)OC)c2cc(C)ncn2c1C(=O)c1ccccc1. The molecular weight excluding hydrogens is 336 g/mol. The lowest BCUT2D eigenvalue weighted by Crippen LogP contribution is -2.15. The summed E-state index contributed by atoms with van der Waals surface area (Å²) in [5, 5.41) is 0.